The summed E-state index contributed by atoms with van der Waals surface area (Å²) in [4.78, 5) is 23.4. The number of fused-ring (bicyclic) bond motifs is 6. The van der Waals surface area contributed by atoms with E-state index in [0.717, 1.165) is 64.4 Å². The van der Waals surface area contributed by atoms with Gasteiger partial charge in [0.1, 0.15) is 5.60 Å². The van der Waals surface area contributed by atoms with Gasteiger partial charge in [-0.05, 0) is 56.2 Å². The Morgan fingerprint density at radius 1 is 0.793 bits per heavy atom. The van der Waals surface area contributed by atoms with Crippen molar-refractivity contribution in [1.82, 2.24) is 39.3 Å². The van der Waals surface area contributed by atoms with Gasteiger partial charge >= 0.3 is 6.09 Å². The minimum absolute atomic E-state index is 0.00609. The number of aromatic nitrogens is 6. The maximum atomic E-state index is 15.0. The average molecular weight is 828 g/mol. The zero-order chi connectivity index (χ0) is 41.2. The Labute approximate surface area is 345 Å². The zero-order valence-electron chi connectivity index (χ0n) is 33.6. The highest BCUT2D eigenvalue weighted by Crippen LogP contribution is 2.43. The van der Waals surface area contributed by atoms with Crippen molar-refractivity contribution >= 4 is 51.1 Å². The van der Waals surface area contributed by atoms with Crippen LogP contribution in [0, 0.1) is 11.6 Å². The first-order valence-corrected chi connectivity index (χ1v) is 20.1. The van der Waals surface area contributed by atoms with Gasteiger partial charge in [0.25, 0.3) is 0 Å². The van der Waals surface area contributed by atoms with Crippen LogP contribution in [0.1, 0.15) is 74.5 Å². The number of rotatable bonds is 4. The predicted molar refractivity (Wildman–Crippen MR) is 225 cm³/mol. The standard InChI is InChI=1S/C23H22ClFN4.C21H24ClFN4O2/c1-14-11-29(12-15-6-4-3-5-7-15)13-17-20-16(19-8-9-28(2)27-19)10-18(24)21(25)23(20)26-22(14)17;1-11-9-27(20(28)29-21(2,3)4)10-13-16-12(15-6-7-26(5)25-15)8-14(22)17(23)19(16)24-18(11)13/h3-10,14,26H,11-13H2,1-2H3;6-8,11,24H,9-10H2,1-5H3. The fourth-order valence-electron chi connectivity index (χ4n) is 8.37. The summed E-state index contributed by atoms with van der Waals surface area (Å²) in [6, 6.07) is 17.6. The Hall–Kier alpha value is -5.17. The monoisotopic (exact) mass is 826 g/mol. The van der Waals surface area contributed by atoms with E-state index in [-0.39, 0.29) is 28.0 Å². The van der Waals surface area contributed by atoms with Gasteiger partial charge in [-0.25, -0.2) is 13.6 Å². The lowest BCUT2D eigenvalue weighted by atomic mass is 9.93. The van der Waals surface area contributed by atoms with Crippen LogP contribution in [0.2, 0.25) is 10.0 Å². The first kappa shape index (κ1) is 39.6. The van der Waals surface area contributed by atoms with E-state index in [9.17, 15) is 13.6 Å². The van der Waals surface area contributed by atoms with Crippen molar-refractivity contribution < 1.29 is 18.3 Å². The second kappa shape index (κ2) is 15.2. The molecule has 0 spiro atoms. The summed E-state index contributed by atoms with van der Waals surface area (Å²) in [6.45, 7) is 13.1. The van der Waals surface area contributed by atoms with E-state index in [2.05, 4.69) is 56.3 Å². The van der Waals surface area contributed by atoms with Crippen LogP contribution < -0.4 is 0 Å². The SMILES string of the molecule is CC1CN(C(=O)OC(C)(C)C)Cc2c1[nH]c1c(F)c(Cl)cc(-c3ccn(C)n3)c21.CC1CN(Cc2ccccc2)Cc2c1[nH]c1c(F)c(Cl)cc(-c3ccn(C)n3)c21. The summed E-state index contributed by atoms with van der Waals surface area (Å²) in [6.07, 6.45) is 3.34. The van der Waals surface area contributed by atoms with E-state index >= 15 is 0 Å². The van der Waals surface area contributed by atoms with Gasteiger partial charge in [-0.1, -0.05) is 67.4 Å². The van der Waals surface area contributed by atoms with E-state index in [1.807, 2.05) is 72.4 Å². The molecule has 58 heavy (non-hydrogen) atoms. The van der Waals surface area contributed by atoms with E-state index in [0.29, 0.717) is 35.2 Å². The number of nitrogens with one attached hydrogen (secondary N) is 2. The number of H-pyrrole nitrogens is 2. The van der Waals surface area contributed by atoms with Crippen LogP contribution in [0.4, 0.5) is 13.6 Å². The van der Waals surface area contributed by atoms with Gasteiger partial charge in [-0.3, -0.25) is 14.3 Å². The fraction of sp³-hybridized carbons (Fsp3) is 0.341. The van der Waals surface area contributed by atoms with Gasteiger partial charge in [0.2, 0.25) is 0 Å². The molecule has 0 saturated carbocycles. The van der Waals surface area contributed by atoms with Crippen molar-refractivity contribution in [2.24, 2.45) is 14.1 Å². The Morgan fingerprint density at radius 2 is 1.29 bits per heavy atom. The third-order valence-corrected chi connectivity index (χ3v) is 11.4. The first-order chi connectivity index (χ1) is 27.6. The molecule has 10 nitrogen and oxygen atoms in total. The smallest absolute Gasteiger partial charge is 0.410 e. The lowest BCUT2D eigenvalue weighted by molar-refractivity contribution is 0.0209. The molecule has 3 aromatic carbocycles. The molecule has 2 aliphatic heterocycles. The second-order valence-electron chi connectivity index (χ2n) is 16.5. The summed E-state index contributed by atoms with van der Waals surface area (Å²) >= 11 is 12.4. The number of hydrogen-bond acceptors (Lipinski definition) is 5. The number of benzene rings is 3. The number of amides is 1. The van der Waals surface area contributed by atoms with E-state index < -0.39 is 17.2 Å². The number of aromatic amines is 2. The Morgan fingerprint density at radius 3 is 1.78 bits per heavy atom. The lowest BCUT2D eigenvalue weighted by Gasteiger charge is -2.33. The van der Waals surface area contributed by atoms with E-state index in [4.69, 9.17) is 27.9 Å². The van der Waals surface area contributed by atoms with Gasteiger partial charge in [-0.15, -0.1) is 0 Å². The molecule has 2 aliphatic rings. The molecule has 6 heterocycles. The molecule has 9 rings (SSSR count). The molecule has 2 N–H and O–H groups in total. The summed E-state index contributed by atoms with van der Waals surface area (Å²) < 4.78 is 38.8. The van der Waals surface area contributed by atoms with Crippen molar-refractivity contribution in [3.63, 3.8) is 0 Å². The molecular weight excluding hydrogens is 781 g/mol. The van der Waals surface area contributed by atoms with Gasteiger partial charge in [0, 0.05) is 103 Å². The second-order valence-corrected chi connectivity index (χ2v) is 17.4. The summed E-state index contributed by atoms with van der Waals surface area (Å²) in [7, 11) is 3.70. The quantitative estimate of drug-likeness (QED) is 0.184. The third kappa shape index (κ3) is 7.49. The van der Waals surface area contributed by atoms with Gasteiger partial charge in [-0.2, -0.15) is 10.2 Å². The minimum atomic E-state index is -0.584. The Balaban J connectivity index is 0.000000162. The number of hydrogen-bond donors (Lipinski definition) is 2. The third-order valence-electron chi connectivity index (χ3n) is 10.8. The molecule has 0 aliphatic carbocycles. The lowest BCUT2D eigenvalue weighted by Crippen LogP contribution is -2.40. The summed E-state index contributed by atoms with van der Waals surface area (Å²) in [5, 5.41) is 10.8. The molecule has 0 radical (unpaired) electrons. The molecule has 0 saturated heterocycles. The fourth-order valence-corrected chi connectivity index (χ4v) is 8.77. The number of carbonyl (C=O) groups excluding carboxylic acids is 1. The van der Waals surface area contributed by atoms with Crippen molar-refractivity contribution in [3.05, 3.63) is 117 Å². The van der Waals surface area contributed by atoms with Crippen LogP contribution in [-0.2, 0) is 38.5 Å². The summed E-state index contributed by atoms with van der Waals surface area (Å²) in [5.74, 6) is -0.623. The highest BCUT2D eigenvalue weighted by molar-refractivity contribution is 6.32. The highest BCUT2D eigenvalue weighted by Gasteiger charge is 2.34. The summed E-state index contributed by atoms with van der Waals surface area (Å²) in [5.41, 5.74) is 8.67. The number of aryl methyl sites for hydroxylation is 2. The van der Waals surface area contributed by atoms with Crippen LogP contribution in [0.15, 0.2) is 67.0 Å². The van der Waals surface area contributed by atoms with Crippen LogP contribution in [0.3, 0.4) is 0 Å². The first-order valence-electron chi connectivity index (χ1n) is 19.3. The van der Waals surface area contributed by atoms with Crippen molar-refractivity contribution in [2.45, 2.75) is 71.7 Å². The average Bonchev–Trinajstić information content (AvgIpc) is 3.97. The van der Waals surface area contributed by atoms with Gasteiger partial charge < -0.3 is 19.6 Å². The Kier molecular flexibility index (Phi) is 10.4. The largest absolute Gasteiger partial charge is 0.444 e. The number of ether oxygens (including phenoxy) is 1. The molecule has 0 fully saturated rings. The number of carbonyl (C=O) groups is 1. The zero-order valence-corrected chi connectivity index (χ0v) is 35.1. The molecular formula is C44H46Cl2F2N8O2. The maximum Gasteiger partial charge on any atom is 0.410 e. The molecule has 7 aromatic rings. The van der Waals surface area contributed by atoms with Crippen molar-refractivity contribution in [2.75, 3.05) is 13.1 Å². The van der Waals surface area contributed by atoms with Crippen LogP contribution in [0.5, 0.6) is 0 Å². The Bertz CT molecular complexity index is 2670. The molecule has 1 amide bonds. The van der Waals surface area contributed by atoms with Gasteiger partial charge in [0.05, 0.1) is 39.0 Å². The molecule has 14 heteroatoms. The predicted octanol–water partition coefficient (Wildman–Crippen LogP) is 10.7. The van der Waals surface area contributed by atoms with Crippen LogP contribution in [0.25, 0.3) is 44.3 Å². The molecule has 2 atom stereocenters. The maximum absolute atomic E-state index is 15.0. The van der Waals surface area contributed by atoms with Gasteiger partial charge in [0.15, 0.2) is 11.6 Å². The molecule has 0 bridgehead atoms. The normalized spacial score (nSPS) is 17.0. The van der Waals surface area contributed by atoms with E-state index in [1.54, 1.807) is 26.4 Å². The van der Waals surface area contributed by atoms with Crippen LogP contribution >= 0.6 is 23.2 Å². The minimum Gasteiger partial charge on any atom is -0.444 e. The van der Waals surface area contributed by atoms with Crippen LogP contribution in [-0.4, -0.2) is 64.1 Å². The van der Waals surface area contributed by atoms with Crippen molar-refractivity contribution in [3.8, 4) is 22.5 Å². The molecule has 2 unspecified atom stereocenters. The van der Waals surface area contributed by atoms with Crippen molar-refractivity contribution in [1.29, 1.82) is 0 Å². The van der Waals surface area contributed by atoms with E-state index in [1.165, 1.54) is 5.56 Å². The molecule has 4 aromatic heterocycles. The number of nitrogens with zero attached hydrogens (tertiary/aromatic N) is 6. The number of halogens is 4. The highest BCUT2D eigenvalue weighted by atomic mass is 35.5. The topological polar surface area (TPSA) is 100 Å². The molecule has 302 valence electrons.